The number of carboxylic acid groups (broad SMARTS) is 1. The largest absolute Gasteiger partial charge is 0.480 e. The predicted molar refractivity (Wildman–Crippen MR) is 212 cm³/mol. The number of carboxylic acids is 1. The lowest BCUT2D eigenvalue weighted by molar-refractivity contribution is -0.147. The number of esters is 1. The number of rotatable bonds is 36. The summed E-state index contributed by atoms with van der Waals surface area (Å²) in [7, 11) is -4.76. The number of nitrogens with one attached hydrogen (secondary N) is 1. The number of carbonyl (C=O) groups excluding carboxylic acids is 2. The Labute approximate surface area is 319 Å². The van der Waals surface area contributed by atoms with Crippen LogP contribution in [-0.4, -0.2) is 64.9 Å². The van der Waals surface area contributed by atoms with E-state index in [1.165, 1.54) is 25.7 Å². The van der Waals surface area contributed by atoms with E-state index in [0.29, 0.717) is 12.8 Å². The molecule has 0 rings (SSSR count). The van der Waals surface area contributed by atoms with Crippen LogP contribution >= 0.6 is 7.82 Å². The summed E-state index contributed by atoms with van der Waals surface area (Å²) >= 11 is 0. The first-order valence-electron chi connectivity index (χ1n) is 19.8. The second-order valence-electron chi connectivity index (χ2n) is 13.1. The van der Waals surface area contributed by atoms with Gasteiger partial charge in [0.15, 0.2) is 6.04 Å². The Morgan fingerprint density at radius 1 is 0.623 bits per heavy atom. The summed E-state index contributed by atoms with van der Waals surface area (Å²) in [5.74, 6) is -2.44. The number of aliphatic carboxylic acids is 1. The van der Waals surface area contributed by atoms with Gasteiger partial charge in [-0.15, -0.1) is 0 Å². The van der Waals surface area contributed by atoms with Crippen LogP contribution in [0.1, 0.15) is 149 Å². The third-order valence-corrected chi connectivity index (χ3v) is 8.99. The Kier molecular flexibility index (Phi) is 34.2. The molecular weight excluding hydrogens is 697 g/mol. The van der Waals surface area contributed by atoms with E-state index in [-0.39, 0.29) is 12.8 Å². The van der Waals surface area contributed by atoms with Crippen LogP contribution in [0, 0.1) is 0 Å². The summed E-state index contributed by atoms with van der Waals surface area (Å²) in [5.41, 5.74) is 0. The first kappa shape index (κ1) is 50.2. The molecule has 0 heterocycles. The van der Waals surface area contributed by atoms with Crippen molar-refractivity contribution >= 4 is 25.7 Å². The van der Waals surface area contributed by atoms with E-state index in [0.717, 1.165) is 83.5 Å². The normalized spacial score (nSPS) is 14.5. The number of aliphatic hydroxyl groups is 1. The van der Waals surface area contributed by atoms with Gasteiger partial charge in [0.05, 0.1) is 13.2 Å². The summed E-state index contributed by atoms with van der Waals surface area (Å²) in [6.07, 6.45) is 39.7. The topological polar surface area (TPSA) is 169 Å². The van der Waals surface area contributed by atoms with Crippen molar-refractivity contribution in [1.82, 2.24) is 5.32 Å². The third kappa shape index (κ3) is 36.0. The minimum absolute atomic E-state index is 0.106. The van der Waals surface area contributed by atoms with Gasteiger partial charge in [-0.05, 0) is 77.0 Å². The number of amides is 1. The predicted octanol–water partition coefficient (Wildman–Crippen LogP) is 9.61. The number of unbranched alkanes of at least 4 members (excludes halogenated alkanes) is 12. The van der Waals surface area contributed by atoms with Crippen LogP contribution in [0.25, 0.3) is 0 Å². The Balaban J connectivity index is 4.01. The number of hydrogen-bond acceptors (Lipinski definition) is 8. The van der Waals surface area contributed by atoms with Crippen LogP contribution in [0.15, 0.2) is 60.8 Å². The SMILES string of the molecule is CC/C=C\C/C=C\C/C=C\CCCCCC(=O)NC(COP(=O)(O)OCC(O)COC(=O)CCCCCCC/C=C\C/C=C\CCCCCC)C(=O)O. The molecule has 12 heteroatoms. The van der Waals surface area contributed by atoms with Gasteiger partial charge < -0.3 is 25.2 Å². The van der Waals surface area contributed by atoms with E-state index in [4.69, 9.17) is 13.8 Å². The van der Waals surface area contributed by atoms with E-state index in [1.807, 2.05) is 0 Å². The molecule has 0 bridgehead atoms. The molecule has 1 amide bonds. The van der Waals surface area contributed by atoms with Crippen LogP contribution in [0.5, 0.6) is 0 Å². The molecule has 0 aromatic rings. The second-order valence-corrected chi connectivity index (χ2v) is 14.5. The Bertz CT molecular complexity index is 1130. The molecule has 0 spiro atoms. The summed E-state index contributed by atoms with van der Waals surface area (Å²) in [6.45, 7) is 2.39. The standard InChI is InChI=1S/C41H70NO10P/c1-3-5-7-9-11-13-15-17-18-19-21-23-25-27-29-31-33-40(45)50-34-37(43)35-51-53(48,49)52-36-38(41(46)47)42-39(44)32-30-28-26-24-22-20-16-14-12-10-8-6-4-2/h6,8,12-15,18-20,22,37-38,43H,3-5,7,9-11,16-17,21,23-36H2,1-2H3,(H,42,44)(H,46,47)(H,48,49)/b8-6-,14-12-,15-13-,19-18-,22-20-. The van der Waals surface area contributed by atoms with Crippen molar-refractivity contribution in [3.05, 3.63) is 60.8 Å². The first-order valence-corrected chi connectivity index (χ1v) is 21.3. The van der Waals surface area contributed by atoms with Crippen LogP contribution in [0.4, 0.5) is 0 Å². The van der Waals surface area contributed by atoms with Crippen LogP contribution in [-0.2, 0) is 32.7 Å². The fourth-order valence-electron chi connectivity index (χ4n) is 4.95. The van der Waals surface area contributed by atoms with Gasteiger partial charge in [0, 0.05) is 12.8 Å². The molecule has 0 aliphatic heterocycles. The van der Waals surface area contributed by atoms with Gasteiger partial charge in [0.25, 0.3) is 0 Å². The number of allylic oxidation sites excluding steroid dienone is 10. The van der Waals surface area contributed by atoms with Gasteiger partial charge in [0.2, 0.25) is 5.91 Å². The third-order valence-electron chi connectivity index (χ3n) is 8.04. The first-order chi connectivity index (χ1) is 25.6. The van der Waals surface area contributed by atoms with Crippen molar-refractivity contribution < 1.29 is 47.8 Å². The highest BCUT2D eigenvalue weighted by Gasteiger charge is 2.28. The minimum Gasteiger partial charge on any atom is -0.480 e. The summed E-state index contributed by atoms with van der Waals surface area (Å²) in [5, 5.41) is 21.7. The fourth-order valence-corrected chi connectivity index (χ4v) is 5.72. The van der Waals surface area contributed by atoms with Gasteiger partial charge in [-0.3, -0.25) is 18.6 Å². The van der Waals surface area contributed by atoms with Crippen molar-refractivity contribution in [2.45, 2.75) is 161 Å². The van der Waals surface area contributed by atoms with E-state index >= 15 is 0 Å². The highest BCUT2D eigenvalue weighted by atomic mass is 31.2. The fraction of sp³-hybridized carbons (Fsp3) is 0.683. The highest BCUT2D eigenvalue weighted by molar-refractivity contribution is 7.47. The molecule has 0 radical (unpaired) electrons. The Morgan fingerprint density at radius 2 is 1.09 bits per heavy atom. The molecule has 0 fully saturated rings. The van der Waals surface area contributed by atoms with Crippen LogP contribution in [0.3, 0.4) is 0 Å². The van der Waals surface area contributed by atoms with Crippen molar-refractivity contribution in [1.29, 1.82) is 0 Å². The number of hydrogen-bond donors (Lipinski definition) is 4. The molecule has 3 unspecified atom stereocenters. The maximum absolute atomic E-state index is 12.2. The number of phosphoric ester groups is 1. The summed E-state index contributed by atoms with van der Waals surface area (Å²) < 4.78 is 26.7. The number of ether oxygens (including phenoxy) is 1. The maximum atomic E-state index is 12.2. The Morgan fingerprint density at radius 3 is 1.66 bits per heavy atom. The second kappa shape index (κ2) is 36.2. The molecule has 0 saturated heterocycles. The maximum Gasteiger partial charge on any atom is 0.472 e. The van der Waals surface area contributed by atoms with E-state index < -0.39 is 57.6 Å². The molecule has 0 aromatic heterocycles. The van der Waals surface area contributed by atoms with Gasteiger partial charge in [-0.1, -0.05) is 120 Å². The number of carbonyl (C=O) groups is 3. The molecule has 53 heavy (non-hydrogen) atoms. The average molecular weight is 768 g/mol. The van der Waals surface area contributed by atoms with E-state index in [2.05, 4.69) is 79.9 Å². The average Bonchev–Trinajstić information content (AvgIpc) is 3.13. The molecule has 0 aliphatic rings. The van der Waals surface area contributed by atoms with E-state index in [9.17, 15) is 34.1 Å². The highest BCUT2D eigenvalue weighted by Crippen LogP contribution is 2.43. The molecule has 4 N–H and O–H groups in total. The zero-order chi connectivity index (χ0) is 39.3. The molecule has 11 nitrogen and oxygen atoms in total. The van der Waals surface area contributed by atoms with Crippen LogP contribution < -0.4 is 5.32 Å². The smallest absolute Gasteiger partial charge is 0.472 e. The van der Waals surface area contributed by atoms with E-state index in [1.54, 1.807) is 0 Å². The van der Waals surface area contributed by atoms with Gasteiger partial charge in [0.1, 0.15) is 12.7 Å². The quantitative estimate of drug-likeness (QED) is 0.0208. The lowest BCUT2D eigenvalue weighted by atomic mass is 10.1. The van der Waals surface area contributed by atoms with Gasteiger partial charge in [-0.2, -0.15) is 0 Å². The molecule has 0 aromatic carbocycles. The zero-order valence-electron chi connectivity index (χ0n) is 32.5. The molecule has 0 saturated carbocycles. The lowest BCUT2D eigenvalue weighted by Crippen LogP contribution is -2.43. The number of aliphatic hydroxyl groups excluding tert-OH is 1. The van der Waals surface area contributed by atoms with Gasteiger partial charge in [-0.25, -0.2) is 9.36 Å². The molecule has 3 atom stereocenters. The summed E-state index contributed by atoms with van der Waals surface area (Å²) in [4.78, 5) is 45.7. The van der Waals surface area contributed by atoms with Crippen LogP contribution in [0.2, 0.25) is 0 Å². The number of phosphoric acid groups is 1. The van der Waals surface area contributed by atoms with Gasteiger partial charge >= 0.3 is 19.8 Å². The zero-order valence-corrected chi connectivity index (χ0v) is 33.4. The molecular formula is C41H70NO10P. The lowest BCUT2D eigenvalue weighted by Gasteiger charge is -2.18. The molecule has 0 aliphatic carbocycles. The molecule has 304 valence electrons. The van der Waals surface area contributed by atoms with Crippen molar-refractivity contribution in [3.63, 3.8) is 0 Å². The summed E-state index contributed by atoms with van der Waals surface area (Å²) in [6, 6.07) is -1.56. The Hall–Kier alpha value is -2.82. The van der Waals surface area contributed by atoms with Crippen molar-refractivity contribution in [2.24, 2.45) is 0 Å². The van der Waals surface area contributed by atoms with Crippen molar-refractivity contribution in [2.75, 3.05) is 19.8 Å². The monoisotopic (exact) mass is 767 g/mol. The van der Waals surface area contributed by atoms with Crippen molar-refractivity contribution in [3.8, 4) is 0 Å². The minimum atomic E-state index is -4.76.